The molecule has 0 spiro atoms. The first-order valence-electron chi connectivity index (χ1n) is 10.8. The molecular formula is C24H27N3O3. The molecule has 3 heterocycles. The maximum Gasteiger partial charge on any atom is 0.414 e. The summed E-state index contributed by atoms with van der Waals surface area (Å²) in [6, 6.07) is 16.4. The van der Waals surface area contributed by atoms with Crippen molar-refractivity contribution in [3.63, 3.8) is 0 Å². The van der Waals surface area contributed by atoms with Crippen molar-refractivity contribution >= 4 is 17.7 Å². The van der Waals surface area contributed by atoms with Crippen LogP contribution in [0.3, 0.4) is 0 Å². The minimum atomic E-state index is -0.279. The first kappa shape index (κ1) is 19.1. The van der Waals surface area contributed by atoms with Crippen LogP contribution in [-0.4, -0.2) is 42.1 Å². The lowest BCUT2D eigenvalue weighted by Crippen LogP contribution is -2.52. The number of hydrogen-bond acceptors (Lipinski definition) is 4. The molecule has 156 valence electrons. The second-order valence-electron chi connectivity index (χ2n) is 8.42. The van der Waals surface area contributed by atoms with Gasteiger partial charge in [-0.15, -0.1) is 0 Å². The van der Waals surface area contributed by atoms with Crippen LogP contribution < -0.4 is 10.2 Å². The van der Waals surface area contributed by atoms with Crippen molar-refractivity contribution in [1.82, 2.24) is 10.2 Å². The van der Waals surface area contributed by atoms with Crippen LogP contribution in [0.15, 0.2) is 48.5 Å². The first-order chi connectivity index (χ1) is 14.7. The third-order valence-corrected chi connectivity index (χ3v) is 6.54. The first-order valence-corrected chi connectivity index (χ1v) is 10.8. The molecule has 6 nitrogen and oxygen atoms in total. The third-order valence-electron chi connectivity index (χ3n) is 6.54. The number of para-hydroxylation sites is 1. The van der Waals surface area contributed by atoms with Crippen molar-refractivity contribution in [2.45, 2.75) is 50.9 Å². The summed E-state index contributed by atoms with van der Waals surface area (Å²) in [4.78, 5) is 29.3. The van der Waals surface area contributed by atoms with Gasteiger partial charge in [0.05, 0.1) is 5.69 Å². The molecule has 0 bridgehead atoms. The maximum absolute atomic E-state index is 13.0. The topological polar surface area (TPSA) is 61.9 Å². The summed E-state index contributed by atoms with van der Waals surface area (Å²) in [6.45, 7) is 2.58. The minimum Gasteiger partial charge on any atom is -0.444 e. The number of amides is 2. The molecule has 5 rings (SSSR count). The zero-order chi connectivity index (χ0) is 20.5. The van der Waals surface area contributed by atoms with Crippen LogP contribution in [0.4, 0.5) is 10.5 Å². The molecule has 2 unspecified atom stereocenters. The van der Waals surface area contributed by atoms with E-state index in [1.54, 1.807) is 4.90 Å². The highest BCUT2D eigenvalue weighted by molar-refractivity contribution is 5.91. The van der Waals surface area contributed by atoms with Crippen molar-refractivity contribution in [2.24, 2.45) is 0 Å². The average Bonchev–Trinajstić information content (AvgIpc) is 2.79. The number of nitrogens with one attached hydrogen (secondary N) is 1. The Balaban J connectivity index is 1.25. The molecule has 2 atom stereocenters. The van der Waals surface area contributed by atoms with Crippen LogP contribution in [0.5, 0.6) is 0 Å². The van der Waals surface area contributed by atoms with Crippen LogP contribution in [0.25, 0.3) is 0 Å². The van der Waals surface area contributed by atoms with E-state index in [4.69, 9.17) is 4.74 Å². The quantitative estimate of drug-likeness (QED) is 0.852. The van der Waals surface area contributed by atoms with Crippen molar-refractivity contribution in [1.29, 1.82) is 0 Å². The lowest BCUT2D eigenvalue weighted by molar-refractivity contribution is -0.132. The summed E-state index contributed by atoms with van der Waals surface area (Å²) in [5, 5.41) is 3.49. The Morgan fingerprint density at radius 3 is 2.70 bits per heavy atom. The standard InChI is InChI=1S/C24H27N3O3/c28-23(26-12-10-17-5-1-2-6-18(17)15-26)14-20-13-21(9-11-25-20)27-22-8-4-3-7-19(22)16-30-24(27)29/h1-8,20-21,25H,9-16H2. The van der Waals surface area contributed by atoms with Gasteiger partial charge in [0.25, 0.3) is 0 Å². The van der Waals surface area contributed by atoms with Crippen LogP contribution >= 0.6 is 0 Å². The highest BCUT2D eigenvalue weighted by Gasteiger charge is 2.36. The number of hydrogen-bond donors (Lipinski definition) is 1. The largest absolute Gasteiger partial charge is 0.444 e. The van der Waals surface area contributed by atoms with E-state index in [-0.39, 0.29) is 24.1 Å². The summed E-state index contributed by atoms with van der Waals surface area (Å²) in [7, 11) is 0. The van der Waals surface area contributed by atoms with Crippen molar-refractivity contribution in [2.75, 3.05) is 18.0 Å². The fraction of sp³-hybridized carbons (Fsp3) is 0.417. The van der Waals surface area contributed by atoms with E-state index < -0.39 is 0 Å². The van der Waals surface area contributed by atoms with Gasteiger partial charge in [-0.1, -0.05) is 42.5 Å². The third kappa shape index (κ3) is 3.67. The number of anilines is 1. The summed E-state index contributed by atoms with van der Waals surface area (Å²) >= 11 is 0. The molecule has 1 fully saturated rings. The Kier molecular flexibility index (Phi) is 5.17. The molecule has 2 aromatic rings. The Morgan fingerprint density at radius 2 is 1.83 bits per heavy atom. The summed E-state index contributed by atoms with van der Waals surface area (Å²) in [6.07, 6.45) is 2.70. The van der Waals surface area contributed by atoms with Crippen LogP contribution in [0, 0.1) is 0 Å². The van der Waals surface area contributed by atoms with E-state index in [9.17, 15) is 9.59 Å². The van der Waals surface area contributed by atoms with Gasteiger partial charge in [0.1, 0.15) is 6.61 Å². The van der Waals surface area contributed by atoms with Gasteiger partial charge in [0, 0.05) is 37.2 Å². The Morgan fingerprint density at radius 1 is 1.07 bits per heavy atom. The van der Waals surface area contributed by atoms with E-state index in [0.29, 0.717) is 19.6 Å². The number of nitrogens with zero attached hydrogens (tertiary/aromatic N) is 2. The number of rotatable bonds is 3. The van der Waals surface area contributed by atoms with Gasteiger partial charge < -0.3 is 15.0 Å². The number of carbonyl (C=O) groups excluding carboxylic acids is 2. The van der Waals surface area contributed by atoms with Crippen LogP contribution in [0.1, 0.15) is 36.0 Å². The van der Waals surface area contributed by atoms with Crippen molar-refractivity contribution in [3.05, 3.63) is 65.2 Å². The van der Waals surface area contributed by atoms with Gasteiger partial charge >= 0.3 is 6.09 Å². The fourth-order valence-corrected chi connectivity index (χ4v) is 4.94. The van der Waals surface area contributed by atoms with Gasteiger partial charge in [0.2, 0.25) is 5.91 Å². The Labute approximate surface area is 176 Å². The normalized spacial score (nSPS) is 23.4. The van der Waals surface area contributed by atoms with Gasteiger partial charge in [0.15, 0.2) is 0 Å². The number of carbonyl (C=O) groups is 2. The van der Waals surface area contributed by atoms with E-state index in [1.165, 1.54) is 11.1 Å². The van der Waals surface area contributed by atoms with Gasteiger partial charge in [-0.3, -0.25) is 9.69 Å². The lowest BCUT2D eigenvalue weighted by Gasteiger charge is -2.40. The molecule has 0 radical (unpaired) electrons. The molecule has 1 N–H and O–H groups in total. The second kappa shape index (κ2) is 8.11. The molecule has 2 aromatic carbocycles. The fourth-order valence-electron chi connectivity index (χ4n) is 4.94. The van der Waals surface area contributed by atoms with Crippen molar-refractivity contribution < 1.29 is 14.3 Å². The lowest BCUT2D eigenvalue weighted by atomic mass is 9.93. The molecule has 30 heavy (non-hydrogen) atoms. The zero-order valence-electron chi connectivity index (χ0n) is 17.0. The number of benzene rings is 2. The van der Waals surface area contributed by atoms with Gasteiger partial charge in [-0.05, 0) is 43.0 Å². The molecule has 0 aromatic heterocycles. The van der Waals surface area contributed by atoms with Crippen LogP contribution in [0.2, 0.25) is 0 Å². The summed E-state index contributed by atoms with van der Waals surface area (Å²) < 4.78 is 5.41. The number of fused-ring (bicyclic) bond motifs is 2. The van der Waals surface area contributed by atoms with Crippen LogP contribution in [-0.2, 0) is 29.1 Å². The highest BCUT2D eigenvalue weighted by Crippen LogP contribution is 2.32. The van der Waals surface area contributed by atoms with Gasteiger partial charge in [-0.25, -0.2) is 4.79 Å². The molecule has 0 saturated carbocycles. The molecule has 1 saturated heterocycles. The Hall–Kier alpha value is -2.86. The minimum absolute atomic E-state index is 0.0417. The van der Waals surface area contributed by atoms with Crippen molar-refractivity contribution in [3.8, 4) is 0 Å². The average molecular weight is 405 g/mol. The Bertz CT molecular complexity index is 960. The molecule has 2 amide bonds. The predicted octanol–water partition coefficient (Wildman–Crippen LogP) is 3.24. The van der Waals surface area contributed by atoms with E-state index >= 15 is 0 Å². The smallest absolute Gasteiger partial charge is 0.414 e. The monoisotopic (exact) mass is 405 g/mol. The summed E-state index contributed by atoms with van der Waals surface area (Å²) in [5.41, 5.74) is 4.58. The molecular weight excluding hydrogens is 378 g/mol. The SMILES string of the molecule is O=C(CC1CC(N2C(=O)OCc3ccccc32)CCN1)N1CCc2ccccc2C1. The van der Waals surface area contributed by atoms with E-state index in [2.05, 4.69) is 23.5 Å². The molecule has 0 aliphatic carbocycles. The highest BCUT2D eigenvalue weighted by atomic mass is 16.6. The number of cyclic esters (lactones) is 1. The van der Waals surface area contributed by atoms with Gasteiger partial charge in [-0.2, -0.15) is 0 Å². The predicted molar refractivity (Wildman–Crippen MR) is 114 cm³/mol. The van der Waals surface area contributed by atoms with E-state index in [0.717, 1.165) is 43.6 Å². The zero-order valence-corrected chi connectivity index (χ0v) is 17.0. The number of ether oxygens (including phenoxy) is 1. The number of piperidine rings is 1. The van der Waals surface area contributed by atoms with E-state index in [1.807, 2.05) is 35.2 Å². The molecule has 6 heteroatoms. The maximum atomic E-state index is 13.0. The molecule has 3 aliphatic heterocycles. The summed E-state index contributed by atoms with van der Waals surface area (Å²) in [5.74, 6) is 0.185. The second-order valence-corrected chi connectivity index (χ2v) is 8.42. The molecule has 3 aliphatic rings.